The molecule has 3 aromatic rings. The van der Waals surface area contributed by atoms with Gasteiger partial charge in [0, 0.05) is 6.20 Å². The van der Waals surface area contributed by atoms with Gasteiger partial charge in [-0.1, -0.05) is 46.4 Å². The number of aromatic nitrogens is 1. The molecule has 0 aliphatic rings. The van der Waals surface area contributed by atoms with E-state index in [9.17, 15) is 27.9 Å². The third-order valence-electron chi connectivity index (χ3n) is 4.36. The van der Waals surface area contributed by atoms with Crippen molar-refractivity contribution >= 4 is 69.7 Å². The van der Waals surface area contributed by atoms with Gasteiger partial charge in [0.25, 0.3) is 5.91 Å². The Morgan fingerprint density at radius 1 is 1.00 bits per heavy atom. The summed E-state index contributed by atoms with van der Waals surface area (Å²) in [6, 6.07) is 4.61. The first-order valence-electron chi connectivity index (χ1n) is 8.91. The Morgan fingerprint density at radius 3 is 2.26 bits per heavy atom. The Balaban J connectivity index is 1.89. The first-order chi connectivity index (χ1) is 15.8. The minimum Gasteiger partial charge on any atom is -0.505 e. The molecule has 0 atom stereocenters. The van der Waals surface area contributed by atoms with Crippen LogP contribution in [0.25, 0.3) is 11.3 Å². The fraction of sp³-hybridized carbons (Fsp3) is 0.0500. The smallest absolute Gasteiger partial charge is 0.417 e. The van der Waals surface area contributed by atoms with Crippen LogP contribution in [0.5, 0.6) is 5.75 Å². The third-order valence-corrected chi connectivity index (χ3v) is 5.68. The van der Waals surface area contributed by atoms with E-state index in [1.807, 2.05) is 5.32 Å². The number of rotatable bonds is 3. The summed E-state index contributed by atoms with van der Waals surface area (Å²) in [5.74, 6) is -1.65. The number of nitrogen functional groups attached to an aromatic ring is 1. The molecule has 34 heavy (non-hydrogen) atoms. The quantitative estimate of drug-likeness (QED) is 0.214. The number of benzene rings is 2. The molecule has 3 amide bonds. The van der Waals surface area contributed by atoms with E-state index in [2.05, 4.69) is 10.3 Å². The third kappa shape index (κ3) is 5.25. The van der Waals surface area contributed by atoms with Gasteiger partial charge < -0.3 is 16.2 Å². The number of hydrogen-bond acceptors (Lipinski definition) is 5. The minimum absolute atomic E-state index is 0.0533. The number of carbonyl (C=O) groups is 2. The van der Waals surface area contributed by atoms with Crippen molar-refractivity contribution in [3.05, 3.63) is 67.7 Å². The van der Waals surface area contributed by atoms with E-state index < -0.39 is 34.5 Å². The fourth-order valence-corrected chi connectivity index (χ4v) is 3.81. The van der Waals surface area contributed by atoms with E-state index >= 15 is 0 Å². The number of carbonyl (C=O) groups excluding carboxylic acids is 2. The van der Waals surface area contributed by atoms with Crippen molar-refractivity contribution in [1.82, 2.24) is 10.3 Å². The first kappa shape index (κ1) is 25.7. The highest BCUT2D eigenvalue weighted by Crippen LogP contribution is 2.43. The minimum atomic E-state index is -4.69. The molecule has 0 aliphatic heterocycles. The zero-order valence-electron chi connectivity index (χ0n) is 16.4. The van der Waals surface area contributed by atoms with Crippen LogP contribution in [0.3, 0.4) is 0 Å². The van der Waals surface area contributed by atoms with E-state index in [1.165, 1.54) is 24.3 Å². The second-order valence-electron chi connectivity index (χ2n) is 6.60. The van der Waals surface area contributed by atoms with Gasteiger partial charge >= 0.3 is 12.2 Å². The van der Waals surface area contributed by atoms with E-state index in [1.54, 1.807) is 0 Å². The van der Waals surface area contributed by atoms with Crippen molar-refractivity contribution in [2.45, 2.75) is 6.18 Å². The van der Waals surface area contributed by atoms with Crippen molar-refractivity contribution < 1.29 is 27.9 Å². The molecule has 178 valence electrons. The Labute approximate surface area is 209 Å². The normalized spacial score (nSPS) is 11.3. The molecule has 1 aromatic heterocycles. The number of phenols is 1. The number of urea groups is 1. The van der Waals surface area contributed by atoms with Crippen LogP contribution in [-0.4, -0.2) is 22.0 Å². The number of phenolic OH excluding ortho intramolecular Hbond substituents is 1. The molecule has 0 aliphatic carbocycles. The Bertz CT molecular complexity index is 1320. The van der Waals surface area contributed by atoms with Crippen molar-refractivity contribution in [3.8, 4) is 17.0 Å². The molecular weight excluding hydrogens is 543 g/mol. The maximum atomic E-state index is 12.9. The summed E-state index contributed by atoms with van der Waals surface area (Å²) in [4.78, 5) is 28.4. The van der Waals surface area contributed by atoms with Crippen molar-refractivity contribution in [2.24, 2.45) is 0 Å². The van der Waals surface area contributed by atoms with Crippen LogP contribution < -0.4 is 16.4 Å². The topological polar surface area (TPSA) is 117 Å². The number of nitrogens with two attached hydrogens (primary N) is 1. The average Bonchev–Trinajstić information content (AvgIpc) is 2.73. The number of nitrogens with zero attached hydrogens (tertiary/aromatic N) is 1. The van der Waals surface area contributed by atoms with Crippen molar-refractivity contribution in [3.63, 3.8) is 0 Å². The van der Waals surface area contributed by atoms with Gasteiger partial charge in [0.2, 0.25) is 0 Å². The monoisotopic (exact) mass is 552 g/mol. The highest BCUT2D eigenvalue weighted by Gasteiger charge is 2.32. The van der Waals surface area contributed by atoms with Crippen molar-refractivity contribution in [2.75, 3.05) is 11.1 Å². The second-order valence-corrected chi connectivity index (χ2v) is 8.20. The van der Waals surface area contributed by atoms with Gasteiger partial charge in [0.05, 0.1) is 53.8 Å². The first-order valence-corrected chi connectivity index (χ1v) is 10.4. The highest BCUT2D eigenvalue weighted by atomic mass is 35.5. The molecule has 0 spiro atoms. The molecule has 14 heteroatoms. The predicted molar refractivity (Wildman–Crippen MR) is 124 cm³/mol. The molecule has 1 heterocycles. The number of pyridine rings is 1. The lowest BCUT2D eigenvalue weighted by atomic mass is 10.1. The summed E-state index contributed by atoms with van der Waals surface area (Å²) < 4.78 is 38.7. The van der Waals surface area contributed by atoms with Gasteiger partial charge in [-0.3, -0.25) is 15.1 Å². The lowest BCUT2D eigenvalue weighted by Gasteiger charge is -2.15. The van der Waals surface area contributed by atoms with Gasteiger partial charge in [0.1, 0.15) is 5.75 Å². The van der Waals surface area contributed by atoms with Crippen LogP contribution >= 0.6 is 46.4 Å². The Hall–Kier alpha value is -2.92. The number of alkyl halides is 3. The molecule has 2 aromatic carbocycles. The number of halogens is 7. The zero-order valence-corrected chi connectivity index (χ0v) is 19.4. The van der Waals surface area contributed by atoms with Crippen LogP contribution in [0.4, 0.5) is 29.3 Å². The lowest BCUT2D eigenvalue weighted by Crippen LogP contribution is -2.34. The summed E-state index contributed by atoms with van der Waals surface area (Å²) in [5, 5.41) is 14.0. The number of aromatic hydroxyl groups is 1. The fourth-order valence-electron chi connectivity index (χ4n) is 2.77. The summed E-state index contributed by atoms with van der Waals surface area (Å²) in [7, 11) is 0. The van der Waals surface area contributed by atoms with E-state index in [0.29, 0.717) is 12.3 Å². The van der Waals surface area contributed by atoms with Crippen LogP contribution in [-0.2, 0) is 6.18 Å². The summed E-state index contributed by atoms with van der Waals surface area (Å²) in [6.07, 6.45) is -4.17. The summed E-state index contributed by atoms with van der Waals surface area (Å²) in [6.45, 7) is 0. The molecule has 0 radical (unpaired) electrons. The number of imide groups is 1. The second kappa shape index (κ2) is 9.75. The number of amides is 3. The molecule has 7 nitrogen and oxygen atoms in total. The summed E-state index contributed by atoms with van der Waals surface area (Å²) >= 11 is 23.9. The zero-order chi connectivity index (χ0) is 25.4. The van der Waals surface area contributed by atoms with Gasteiger partial charge in [-0.2, -0.15) is 13.2 Å². The SMILES string of the molecule is Nc1ccc(Cl)c(C(=O)NC(=O)Nc2ccc(Cl)c(-c3ncc(C(F)(F)F)cc3Cl)c2O)c1Cl. The van der Waals surface area contributed by atoms with Gasteiger partial charge in [-0.15, -0.1) is 0 Å². The van der Waals surface area contributed by atoms with Crippen molar-refractivity contribution in [1.29, 1.82) is 0 Å². The molecule has 5 N–H and O–H groups in total. The lowest BCUT2D eigenvalue weighted by molar-refractivity contribution is -0.137. The van der Waals surface area contributed by atoms with Crippen LogP contribution in [0.15, 0.2) is 36.5 Å². The van der Waals surface area contributed by atoms with E-state index in [4.69, 9.17) is 52.1 Å². The number of anilines is 2. The van der Waals surface area contributed by atoms with Crippen LogP contribution in [0.2, 0.25) is 20.1 Å². The Morgan fingerprint density at radius 2 is 1.65 bits per heavy atom. The van der Waals surface area contributed by atoms with Gasteiger partial charge in [-0.05, 0) is 30.3 Å². The molecule has 0 bridgehead atoms. The van der Waals surface area contributed by atoms with E-state index in [-0.39, 0.29) is 43.3 Å². The standard InChI is InChI=1S/C20H11Cl4F3N4O3/c21-8-1-3-11(28)15(24)13(8)18(33)31-19(34)30-12-4-2-9(22)14(17(12)32)16-10(23)5-7(6-29-16)20(25,26)27/h1-6,32H,28H2,(H2,30,31,33,34). The van der Waals surface area contributed by atoms with E-state index in [0.717, 1.165) is 0 Å². The maximum absolute atomic E-state index is 12.9. The molecule has 0 saturated carbocycles. The average molecular weight is 554 g/mol. The molecule has 0 saturated heterocycles. The van der Waals surface area contributed by atoms with Crippen LogP contribution in [0, 0.1) is 0 Å². The maximum Gasteiger partial charge on any atom is 0.417 e. The number of hydrogen-bond donors (Lipinski definition) is 4. The summed E-state index contributed by atoms with van der Waals surface area (Å²) in [5.41, 5.74) is 3.56. The molecule has 3 rings (SSSR count). The van der Waals surface area contributed by atoms with Gasteiger partial charge in [-0.25, -0.2) is 4.79 Å². The van der Waals surface area contributed by atoms with Crippen LogP contribution in [0.1, 0.15) is 15.9 Å². The van der Waals surface area contributed by atoms with Gasteiger partial charge in [0.15, 0.2) is 0 Å². The molecular formula is C20H11Cl4F3N4O3. The highest BCUT2D eigenvalue weighted by molar-refractivity contribution is 6.41. The Kier molecular flexibility index (Phi) is 7.37. The number of nitrogens with one attached hydrogen (secondary N) is 2. The molecule has 0 unspecified atom stereocenters. The molecule has 0 fully saturated rings. The predicted octanol–water partition coefficient (Wildman–Crippen LogP) is 6.63. The largest absolute Gasteiger partial charge is 0.505 e.